The number of rotatable bonds is 6. The summed E-state index contributed by atoms with van der Waals surface area (Å²) in [6.07, 6.45) is 7.19. The zero-order valence-electron chi connectivity index (χ0n) is 11.0. The third-order valence-corrected chi connectivity index (χ3v) is 3.76. The molecule has 18 heavy (non-hydrogen) atoms. The molecule has 0 atom stereocenters. The molecule has 0 aromatic carbocycles. The molecule has 2 fully saturated rings. The van der Waals surface area contributed by atoms with E-state index in [0.717, 1.165) is 52.0 Å². The van der Waals surface area contributed by atoms with Gasteiger partial charge in [0, 0.05) is 51.2 Å². The van der Waals surface area contributed by atoms with Crippen LogP contribution in [-0.2, 0) is 17.8 Å². The molecule has 1 aromatic rings. The minimum Gasteiger partial charge on any atom is -0.379 e. The lowest BCUT2D eigenvalue weighted by atomic mass is 10.3. The van der Waals surface area contributed by atoms with E-state index in [1.54, 1.807) is 0 Å². The summed E-state index contributed by atoms with van der Waals surface area (Å²) in [5, 5.41) is 3.55. The predicted molar refractivity (Wildman–Crippen MR) is 71.6 cm³/mol. The Labute approximate surface area is 109 Å². The number of morpholine rings is 1. The summed E-state index contributed by atoms with van der Waals surface area (Å²) < 4.78 is 7.66. The normalized spacial score (nSPS) is 21.3. The monoisotopic (exact) mass is 249 g/mol. The van der Waals surface area contributed by atoms with Crippen LogP contribution in [0.1, 0.15) is 18.4 Å². The van der Waals surface area contributed by atoms with Crippen LogP contribution in [0.25, 0.3) is 0 Å². The molecule has 4 heteroatoms. The summed E-state index contributed by atoms with van der Waals surface area (Å²) >= 11 is 0. The van der Waals surface area contributed by atoms with E-state index in [4.69, 9.17) is 4.74 Å². The first kappa shape index (κ1) is 12.2. The standard InChI is InChI=1S/C14H23N3O/c1-2-14(1)15-11-13-3-4-17(12-13)6-5-16-7-9-18-10-8-16/h3-4,12,14-15H,1-2,5-11H2. The highest BCUT2D eigenvalue weighted by atomic mass is 16.5. The van der Waals surface area contributed by atoms with Gasteiger partial charge in [-0.05, 0) is 24.5 Å². The van der Waals surface area contributed by atoms with Crippen LogP contribution in [-0.4, -0.2) is 48.4 Å². The zero-order valence-corrected chi connectivity index (χ0v) is 11.0. The first-order chi connectivity index (χ1) is 8.90. The van der Waals surface area contributed by atoms with Crippen molar-refractivity contribution in [3.8, 4) is 0 Å². The van der Waals surface area contributed by atoms with E-state index < -0.39 is 0 Å². The molecule has 100 valence electrons. The third-order valence-electron chi connectivity index (χ3n) is 3.76. The van der Waals surface area contributed by atoms with Gasteiger partial charge in [0.15, 0.2) is 0 Å². The topological polar surface area (TPSA) is 29.4 Å². The Balaban J connectivity index is 1.41. The molecule has 1 saturated heterocycles. The first-order valence-electron chi connectivity index (χ1n) is 7.08. The Morgan fingerprint density at radius 1 is 1.22 bits per heavy atom. The molecule has 4 nitrogen and oxygen atoms in total. The molecule has 0 amide bonds. The van der Waals surface area contributed by atoms with Crippen LogP contribution in [0.3, 0.4) is 0 Å². The van der Waals surface area contributed by atoms with Gasteiger partial charge >= 0.3 is 0 Å². The molecule has 0 bridgehead atoms. The van der Waals surface area contributed by atoms with Gasteiger partial charge in [-0.2, -0.15) is 0 Å². The van der Waals surface area contributed by atoms with Crippen molar-refractivity contribution < 1.29 is 4.74 Å². The number of hydrogen-bond donors (Lipinski definition) is 1. The second-order valence-corrected chi connectivity index (χ2v) is 5.37. The second-order valence-electron chi connectivity index (χ2n) is 5.37. The quantitative estimate of drug-likeness (QED) is 0.818. The summed E-state index contributed by atoms with van der Waals surface area (Å²) in [6, 6.07) is 3.02. The molecule has 0 radical (unpaired) electrons. The van der Waals surface area contributed by atoms with Crippen LogP contribution in [0.4, 0.5) is 0 Å². The molecule has 1 N–H and O–H groups in total. The Kier molecular flexibility index (Phi) is 3.98. The number of ether oxygens (including phenoxy) is 1. The molecular weight excluding hydrogens is 226 g/mol. The maximum Gasteiger partial charge on any atom is 0.0594 e. The Hall–Kier alpha value is -0.840. The van der Waals surface area contributed by atoms with Crippen molar-refractivity contribution in [2.75, 3.05) is 32.8 Å². The number of aromatic nitrogens is 1. The molecule has 1 aliphatic heterocycles. The van der Waals surface area contributed by atoms with E-state index in [1.807, 2.05) is 0 Å². The largest absolute Gasteiger partial charge is 0.379 e. The summed E-state index contributed by atoms with van der Waals surface area (Å²) in [4.78, 5) is 2.48. The van der Waals surface area contributed by atoms with Gasteiger partial charge in [0.05, 0.1) is 13.2 Å². The summed E-state index contributed by atoms with van der Waals surface area (Å²) in [5.74, 6) is 0. The smallest absolute Gasteiger partial charge is 0.0594 e. The van der Waals surface area contributed by atoms with Gasteiger partial charge in [-0.15, -0.1) is 0 Å². The van der Waals surface area contributed by atoms with Crippen molar-refractivity contribution in [3.63, 3.8) is 0 Å². The minimum absolute atomic E-state index is 0.793. The van der Waals surface area contributed by atoms with Crippen LogP contribution in [0, 0.1) is 0 Å². The Morgan fingerprint density at radius 2 is 2.06 bits per heavy atom. The minimum atomic E-state index is 0.793. The lowest BCUT2D eigenvalue weighted by Gasteiger charge is -2.26. The van der Waals surface area contributed by atoms with Crippen LogP contribution in [0.2, 0.25) is 0 Å². The maximum atomic E-state index is 5.36. The van der Waals surface area contributed by atoms with Crippen molar-refractivity contribution in [1.82, 2.24) is 14.8 Å². The molecule has 2 aliphatic rings. The van der Waals surface area contributed by atoms with Gasteiger partial charge in [-0.3, -0.25) is 4.90 Å². The number of nitrogens with one attached hydrogen (secondary N) is 1. The van der Waals surface area contributed by atoms with Crippen LogP contribution in [0.15, 0.2) is 18.5 Å². The van der Waals surface area contributed by atoms with Crippen molar-refractivity contribution >= 4 is 0 Å². The fourth-order valence-corrected chi connectivity index (χ4v) is 2.37. The van der Waals surface area contributed by atoms with E-state index in [2.05, 4.69) is 33.2 Å². The molecular formula is C14H23N3O. The second kappa shape index (κ2) is 5.87. The molecule has 3 rings (SSSR count). The zero-order chi connectivity index (χ0) is 12.2. The number of nitrogens with zero attached hydrogens (tertiary/aromatic N) is 2. The van der Waals surface area contributed by atoms with Crippen molar-refractivity contribution in [2.24, 2.45) is 0 Å². The van der Waals surface area contributed by atoms with E-state index in [9.17, 15) is 0 Å². The SMILES string of the molecule is c1cn(CCN2CCOCC2)cc1CNC1CC1. The van der Waals surface area contributed by atoms with Gasteiger partial charge < -0.3 is 14.6 Å². The maximum absolute atomic E-state index is 5.36. The Bertz CT molecular complexity index is 367. The van der Waals surface area contributed by atoms with Crippen molar-refractivity contribution in [1.29, 1.82) is 0 Å². The van der Waals surface area contributed by atoms with E-state index in [0.29, 0.717) is 0 Å². The van der Waals surface area contributed by atoms with Gasteiger partial charge in [-0.25, -0.2) is 0 Å². The predicted octanol–water partition coefficient (Wildman–Crippen LogP) is 1.07. The van der Waals surface area contributed by atoms with Crippen LogP contribution >= 0.6 is 0 Å². The first-order valence-corrected chi connectivity index (χ1v) is 7.08. The van der Waals surface area contributed by atoms with E-state index >= 15 is 0 Å². The van der Waals surface area contributed by atoms with Gasteiger partial charge in [0.2, 0.25) is 0 Å². The molecule has 1 aliphatic carbocycles. The van der Waals surface area contributed by atoms with Gasteiger partial charge in [0.25, 0.3) is 0 Å². The van der Waals surface area contributed by atoms with Crippen molar-refractivity contribution in [2.45, 2.75) is 32.0 Å². The molecule has 0 spiro atoms. The Morgan fingerprint density at radius 3 is 2.83 bits per heavy atom. The summed E-state index contributed by atoms with van der Waals surface area (Å²) in [7, 11) is 0. The fourth-order valence-electron chi connectivity index (χ4n) is 2.37. The van der Waals surface area contributed by atoms with Crippen molar-refractivity contribution in [3.05, 3.63) is 24.0 Å². The van der Waals surface area contributed by atoms with Crippen LogP contribution < -0.4 is 5.32 Å². The summed E-state index contributed by atoms with van der Waals surface area (Å²) in [6.45, 7) is 7.19. The highest BCUT2D eigenvalue weighted by molar-refractivity contribution is 5.10. The highest BCUT2D eigenvalue weighted by Gasteiger charge is 2.20. The lowest BCUT2D eigenvalue weighted by molar-refractivity contribution is 0.0364. The molecule has 1 saturated carbocycles. The molecule has 0 unspecified atom stereocenters. The van der Waals surface area contributed by atoms with E-state index in [1.165, 1.54) is 18.4 Å². The van der Waals surface area contributed by atoms with Gasteiger partial charge in [-0.1, -0.05) is 0 Å². The fraction of sp³-hybridized carbons (Fsp3) is 0.714. The van der Waals surface area contributed by atoms with Gasteiger partial charge in [0.1, 0.15) is 0 Å². The molecule has 1 aromatic heterocycles. The third kappa shape index (κ3) is 3.57. The number of hydrogen-bond acceptors (Lipinski definition) is 3. The average molecular weight is 249 g/mol. The highest BCUT2D eigenvalue weighted by Crippen LogP contribution is 2.19. The average Bonchev–Trinajstić information content (AvgIpc) is 3.14. The van der Waals surface area contributed by atoms with E-state index in [-0.39, 0.29) is 0 Å². The molecule has 2 heterocycles. The lowest BCUT2D eigenvalue weighted by Crippen LogP contribution is -2.38. The van der Waals surface area contributed by atoms with Crippen LogP contribution in [0.5, 0.6) is 0 Å². The summed E-state index contributed by atoms with van der Waals surface area (Å²) in [5.41, 5.74) is 1.41.